The van der Waals surface area contributed by atoms with Gasteiger partial charge in [-0.3, -0.25) is 9.69 Å². The lowest BCUT2D eigenvalue weighted by atomic mass is 10.5. The number of nitrogens with two attached hydrogens (primary N) is 1. The van der Waals surface area contributed by atoms with Crippen LogP contribution >= 0.6 is 0 Å². The lowest BCUT2D eigenvalue weighted by molar-refractivity contribution is -0.125. The van der Waals surface area contributed by atoms with E-state index in [1.54, 1.807) is 4.90 Å². The molecule has 1 aliphatic carbocycles. The van der Waals surface area contributed by atoms with Gasteiger partial charge in [0.2, 0.25) is 5.91 Å². The van der Waals surface area contributed by atoms with E-state index < -0.39 is 0 Å². The van der Waals surface area contributed by atoms with Gasteiger partial charge in [0.1, 0.15) is 6.54 Å². The van der Waals surface area contributed by atoms with E-state index in [2.05, 4.69) is 0 Å². The van der Waals surface area contributed by atoms with Crippen LogP contribution in [0.3, 0.4) is 0 Å². The molecule has 0 atom stereocenters. The Labute approximate surface area is 76.5 Å². The van der Waals surface area contributed by atoms with Crippen LogP contribution in [-0.4, -0.2) is 47.4 Å². The molecular weight excluding hydrogens is 170 g/mol. The monoisotopic (exact) mass is 183 g/mol. The fourth-order valence-electron chi connectivity index (χ4n) is 1.58. The molecule has 0 bridgehead atoms. The highest BCUT2D eigenvalue weighted by molar-refractivity contribution is 6.02. The van der Waals surface area contributed by atoms with Crippen molar-refractivity contribution in [2.45, 2.75) is 18.9 Å². The molecule has 5 nitrogen and oxygen atoms in total. The molecule has 1 heterocycles. The Balaban J connectivity index is 2.04. The minimum Gasteiger partial charge on any atom is -0.329 e. The Morgan fingerprint density at radius 2 is 2.08 bits per heavy atom. The Morgan fingerprint density at radius 1 is 1.38 bits per heavy atom. The van der Waals surface area contributed by atoms with E-state index in [1.165, 1.54) is 4.90 Å². The molecule has 0 radical (unpaired) electrons. The van der Waals surface area contributed by atoms with E-state index in [0.29, 0.717) is 19.1 Å². The minimum atomic E-state index is -0.155. The number of nitrogens with zero attached hydrogens (tertiary/aromatic N) is 2. The first-order chi connectivity index (χ1) is 6.24. The zero-order valence-corrected chi connectivity index (χ0v) is 7.40. The van der Waals surface area contributed by atoms with Gasteiger partial charge in [-0.25, -0.2) is 4.79 Å². The van der Waals surface area contributed by atoms with Crippen molar-refractivity contribution >= 4 is 11.9 Å². The fourth-order valence-corrected chi connectivity index (χ4v) is 1.58. The second kappa shape index (κ2) is 2.99. The molecule has 2 rings (SSSR count). The number of carbonyl (C=O) groups excluding carboxylic acids is 2. The molecule has 1 saturated heterocycles. The number of hydrogen-bond acceptors (Lipinski definition) is 3. The Morgan fingerprint density at radius 3 is 2.62 bits per heavy atom. The highest BCUT2D eigenvalue weighted by atomic mass is 16.2. The Hall–Kier alpha value is -1.10. The molecule has 0 aromatic rings. The van der Waals surface area contributed by atoms with Crippen molar-refractivity contribution in [3.63, 3.8) is 0 Å². The number of rotatable bonds is 3. The largest absolute Gasteiger partial charge is 0.329 e. The second-order valence-electron chi connectivity index (χ2n) is 3.48. The van der Waals surface area contributed by atoms with Gasteiger partial charge in [0.05, 0.1) is 0 Å². The standard InChI is InChI=1S/C8H13N3O2/c9-3-4-10-7(12)5-11(8(10)13)6-1-2-6/h6H,1-5,9H2. The second-order valence-corrected chi connectivity index (χ2v) is 3.48. The molecule has 0 aromatic heterocycles. The average molecular weight is 183 g/mol. The fraction of sp³-hybridized carbons (Fsp3) is 0.750. The van der Waals surface area contributed by atoms with Crippen molar-refractivity contribution in [3.8, 4) is 0 Å². The molecular formula is C8H13N3O2. The summed E-state index contributed by atoms with van der Waals surface area (Å²) in [6.07, 6.45) is 2.07. The number of hydrogen-bond donors (Lipinski definition) is 1. The van der Waals surface area contributed by atoms with Crippen molar-refractivity contribution < 1.29 is 9.59 Å². The average Bonchev–Trinajstić information content (AvgIpc) is 2.88. The Kier molecular flexibility index (Phi) is 1.95. The van der Waals surface area contributed by atoms with Gasteiger partial charge in [0, 0.05) is 19.1 Å². The summed E-state index contributed by atoms with van der Waals surface area (Å²) in [5.74, 6) is -0.109. The highest BCUT2D eigenvalue weighted by Crippen LogP contribution is 2.29. The van der Waals surface area contributed by atoms with E-state index in [-0.39, 0.29) is 18.5 Å². The highest BCUT2D eigenvalue weighted by Gasteiger charge is 2.43. The predicted molar refractivity (Wildman–Crippen MR) is 45.9 cm³/mol. The van der Waals surface area contributed by atoms with Gasteiger partial charge in [-0.2, -0.15) is 0 Å². The summed E-state index contributed by atoms with van der Waals surface area (Å²) in [5.41, 5.74) is 5.31. The van der Waals surface area contributed by atoms with Crippen LogP contribution in [0.5, 0.6) is 0 Å². The first-order valence-corrected chi connectivity index (χ1v) is 4.55. The van der Waals surface area contributed by atoms with Crippen molar-refractivity contribution in [1.82, 2.24) is 9.80 Å². The maximum absolute atomic E-state index is 11.6. The van der Waals surface area contributed by atoms with Crippen LogP contribution in [-0.2, 0) is 4.79 Å². The SMILES string of the molecule is NCCN1C(=O)CN(C2CC2)C1=O. The van der Waals surface area contributed by atoms with E-state index in [4.69, 9.17) is 5.73 Å². The lowest BCUT2D eigenvalue weighted by Gasteiger charge is -2.15. The normalized spacial score (nSPS) is 23.2. The first kappa shape index (κ1) is 8.50. The van der Waals surface area contributed by atoms with E-state index in [0.717, 1.165) is 12.8 Å². The van der Waals surface area contributed by atoms with Crippen LogP contribution in [0, 0.1) is 0 Å². The summed E-state index contributed by atoms with van der Waals surface area (Å²) in [6.45, 7) is 0.945. The number of imide groups is 1. The van der Waals surface area contributed by atoms with Crippen molar-refractivity contribution in [3.05, 3.63) is 0 Å². The third-order valence-electron chi connectivity index (χ3n) is 2.42. The number of carbonyl (C=O) groups is 2. The lowest BCUT2D eigenvalue weighted by Crippen LogP contribution is -2.37. The molecule has 0 unspecified atom stereocenters. The molecule has 1 aliphatic heterocycles. The third kappa shape index (κ3) is 1.39. The minimum absolute atomic E-state index is 0.109. The molecule has 0 aromatic carbocycles. The van der Waals surface area contributed by atoms with E-state index in [9.17, 15) is 9.59 Å². The van der Waals surface area contributed by atoms with Crippen molar-refractivity contribution in [2.24, 2.45) is 5.73 Å². The number of amides is 3. The van der Waals surface area contributed by atoms with Crippen LogP contribution in [0.25, 0.3) is 0 Å². The van der Waals surface area contributed by atoms with Gasteiger partial charge in [0.25, 0.3) is 0 Å². The summed E-state index contributed by atoms with van der Waals surface area (Å²) in [6, 6.07) is 0.164. The topological polar surface area (TPSA) is 66.6 Å². The van der Waals surface area contributed by atoms with Gasteiger partial charge >= 0.3 is 6.03 Å². The molecule has 3 amide bonds. The summed E-state index contributed by atoms with van der Waals surface area (Å²) in [7, 11) is 0. The smallest absolute Gasteiger partial charge is 0.327 e. The van der Waals surface area contributed by atoms with Gasteiger partial charge in [0.15, 0.2) is 0 Å². The van der Waals surface area contributed by atoms with Gasteiger partial charge in [-0.05, 0) is 12.8 Å². The van der Waals surface area contributed by atoms with Gasteiger partial charge in [-0.1, -0.05) is 0 Å². The maximum atomic E-state index is 11.6. The summed E-state index contributed by atoms with van der Waals surface area (Å²) in [4.78, 5) is 25.8. The molecule has 2 N–H and O–H groups in total. The summed E-state index contributed by atoms with van der Waals surface area (Å²) in [5, 5.41) is 0. The first-order valence-electron chi connectivity index (χ1n) is 4.55. The molecule has 72 valence electrons. The zero-order valence-electron chi connectivity index (χ0n) is 7.40. The molecule has 2 aliphatic rings. The summed E-state index contributed by atoms with van der Waals surface area (Å²) >= 11 is 0. The maximum Gasteiger partial charge on any atom is 0.327 e. The summed E-state index contributed by atoms with van der Waals surface area (Å²) < 4.78 is 0. The predicted octanol–water partition coefficient (Wildman–Crippen LogP) is -0.628. The molecule has 1 saturated carbocycles. The van der Waals surface area contributed by atoms with Gasteiger partial charge < -0.3 is 10.6 Å². The zero-order chi connectivity index (χ0) is 9.42. The van der Waals surface area contributed by atoms with Crippen LogP contribution < -0.4 is 5.73 Å². The van der Waals surface area contributed by atoms with Gasteiger partial charge in [-0.15, -0.1) is 0 Å². The molecule has 2 fully saturated rings. The Bertz CT molecular complexity index is 250. The molecule has 13 heavy (non-hydrogen) atoms. The van der Waals surface area contributed by atoms with Crippen LogP contribution in [0.4, 0.5) is 4.79 Å². The van der Waals surface area contributed by atoms with Crippen molar-refractivity contribution in [1.29, 1.82) is 0 Å². The molecule has 0 spiro atoms. The van der Waals surface area contributed by atoms with E-state index in [1.807, 2.05) is 0 Å². The van der Waals surface area contributed by atoms with E-state index >= 15 is 0 Å². The molecule has 5 heteroatoms. The van der Waals surface area contributed by atoms with Crippen LogP contribution in [0.2, 0.25) is 0 Å². The quantitative estimate of drug-likeness (QED) is 0.592. The number of urea groups is 1. The third-order valence-corrected chi connectivity index (χ3v) is 2.42. The van der Waals surface area contributed by atoms with Crippen LogP contribution in [0.15, 0.2) is 0 Å². The van der Waals surface area contributed by atoms with Crippen molar-refractivity contribution in [2.75, 3.05) is 19.6 Å². The van der Waals surface area contributed by atoms with Crippen LogP contribution in [0.1, 0.15) is 12.8 Å².